The molecule has 2 aromatic heterocycles. The minimum absolute atomic E-state index is 0.0212. The number of primary amides is 1. The lowest BCUT2D eigenvalue weighted by molar-refractivity contribution is 0.102. The van der Waals surface area contributed by atoms with Crippen LogP contribution >= 0.6 is 0 Å². The second-order valence-corrected chi connectivity index (χ2v) is 10.1. The molecule has 0 fully saturated rings. The number of anilines is 1. The molecule has 0 aliphatic carbocycles. The van der Waals surface area contributed by atoms with Crippen molar-refractivity contribution in [3.63, 3.8) is 0 Å². The van der Waals surface area contributed by atoms with Crippen molar-refractivity contribution in [1.82, 2.24) is 9.55 Å². The third-order valence-electron chi connectivity index (χ3n) is 6.94. The van der Waals surface area contributed by atoms with Crippen LogP contribution in [0.4, 0.5) is 19.3 Å². The average Bonchev–Trinajstić information content (AvgIpc) is 3.56. The molecule has 5 aromatic rings. The zero-order valence-corrected chi connectivity index (χ0v) is 25.5. The van der Waals surface area contributed by atoms with E-state index in [9.17, 15) is 18.8 Å². The normalized spacial score (nSPS) is 11.1. The monoisotopic (exact) mass is 653 g/mol. The van der Waals surface area contributed by atoms with Crippen LogP contribution in [-0.4, -0.2) is 34.4 Å². The molecule has 0 aliphatic heterocycles. The maximum Gasteiger partial charge on any atom is 0.404 e. The number of hydrogen-bond donors (Lipinski definition) is 4. The van der Waals surface area contributed by atoms with E-state index in [0.717, 1.165) is 17.8 Å². The quantitative estimate of drug-likeness (QED) is 0.0897. The van der Waals surface area contributed by atoms with Gasteiger partial charge in [-0.2, -0.15) is 0 Å². The highest BCUT2D eigenvalue weighted by Crippen LogP contribution is 2.32. The Morgan fingerprint density at radius 2 is 1.81 bits per heavy atom. The summed E-state index contributed by atoms with van der Waals surface area (Å²) >= 11 is 0. The van der Waals surface area contributed by atoms with Crippen LogP contribution in [0.2, 0.25) is 0 Å². The van der Waals surface area contributed by atoms with Crippen LogP contribution in [0.15, 0.2) is 102 Å². The van der Waals surface area contributed by atoms with Gasteiger partial charge >= 0.3 is 6.09 Å². The molecule has 0 bridgehead atoms. The highest BCUT2D eigenvalue weighted by molar-refractivity contribution is 6.06. The number of aromatic nitrogens is 2. The van der Waals surface area contributed by atoms with Gasteiger partial charge in [-0.3, -0.25) is 14.2 Å². The van der Waals surface area contributed by atoms with E-state index in [1.165, 1.54) is 59.3 Å². The SMILES string of the molecule is CCOc1ccn(-c2ccc(F)cc2)c(=O)c1C(=O)Nc1ccc(O/C(=C/C=N)c2[nH]ccc2-c2cccc(COC(N)=O)c2)c(F)c1. The van der Waals surface area contributed by atoms with Gasteiger partial charge in [0, 0.05) is 47.7 Å². The molecule has 0 aliphatic rings. The number of halogens is 2. The molecule has 0 spiro atoms. The second-order valence-electron chi connectivity index (χ2n) is 10.1. The van der Waals surface area contributed by atoms with Crippen molar-refractivity contribution in [1.29, 1.82) is 5.41 Å². The van der Waals surface area contributed by atoms with Gasteiger partial charge in [-0.15, -0.1) is 0 Å². The molecule has 11 nitrogen and oxygen atoms in total. The third kappa shape index (κ3) is 7.48. The maximum absolute atomic E-state index is 15.4. The molecule has 0 saturated carbocycles. The standard InChI is InChI=1S/C35H29F2N5O6/c1-2-46-29-14-17-42(25-9-6-23(36)7-10-25)34(44)31(29)33(43)41-24-8-11-28(27(37)19-24)48-30(12-15-38)32-26(13-16-40-32)22-5-3-4-21(18-22)20-47-35(39)45/h3-19,38,40H,2,20H2,1H3,(H2,39,45)(H,41,43)/b30-12+,38-15?. The van der Waals surface area contributed by atoms with Gasteiger partial charge in [-0.05, 0) is 72.6 Å². The van der Waals surface area contributed by atoms with Crippen molar-refractivity contribution in [2.75, 3.05) is 11.9 Å². The molecular formula is C35H29F2N5O6. The van der Waals surface area contributed by atoms with Gasteiger partial charge in [0.05, 0.1) is 12.3 Å². The van der Waals surface area contributed by atoms with E-state index >= 15 is 4.39 Å². The minimum Gasteiger partial charge on any atom is -0.493 e. The molecule has 2 heterocycles. The first-order valence-electron chi connectivity index (χ1n) is 14.5. The topological polar surface area (TPSA) is 162 Å². The van der Waals surface area contributed by atoms with E-state index in [-0.39, 0.29) is 41.7 Å². The van der Waals surface area contributed by atoms with Crippen LogP contribution < -0.4 is 26.1 Å². The van der Waals surface area contributed by atoms with Gasteiger partial charge in [-0.25, -0.2) is 13.6 Å². The van der Waals surface area contributed by atoms with Gasteiger partial charge < -0.3 is 35.7 Å². The summed E-state index contributed by atoms with van der Waals surface area (Å²) in [7, 11) is 0. The van der Waals surface area contributed by atoms with Crippen LogP contribution in [-0.2, 0) is 11.3 Å². The summed E-state index contributed by atoms with van der Waals surface area (Å²) in [6, 6.07) is 19.2. The first-order valence-corrected chi connectivity index (χ1v) is 14.5. The van der Waals surface area contributed by atoms with E-state index in [4.69, 9.17) is 25.4 Å². The number of carbonyl (C=O) groups excluding carboxylic acids is 2. The summed E-state index contributed by atoms with van der Waals surface area (Å²) in [6.07, 6.45) is 4.48. The summed E-state index contributed by atoms with van der Waals surface area (Å²) < 4.78 is 46.4. The van der Waals surface area contributed by atoms with Crippen molar-refractivity contribution in [2.45, 2.75) is 13.5 Å². The van der Waals surface area contributed by atoms with E-state index in [2.05, 4.69) is 10.3 Å². The van der Waals surface area contributed by atoms with Gasteiger partial charge in [0.15, 0.2) is 17.3 Å². The molecule has 0 saturated heterocycles. The number of allylic oxidation sites excluding steroid dienone is 1. The van der Waals surface area contributed by atoms with Gasteiger partial charge in [0.25, 0.3) is 11.5 Å². The Morgan fingerprint density at radius 1 is 1.02 bits per heavy atom. The van der Waals surface area contributed by atoms with Gasteiger partial charge in [0.2, 0.25) is 0 Å². The summed E-state index contributed by atoms with van der Waals surface area (Å²) in [6.45, 7) is 1.83. The number of rotatable bonds is 12. The van der Waals surface area contributed by atoms with Crippen molar-refractivity contribution in [3.8, 4) is 28.3 Å². The van der Waals surface area contributed by atoms with Crippen molar-refractivity contribution in [2.24, 2.45) is 5.73 Å². The summed E-state index contributed by atoms with van der Waals surface area (Å²) in [5, 5.41) is 10.2. The van der Waals surface area contributed by atoms with Crippen LogP contribution in [0.3, 0.4) is 0 Å². The number of aromatic amines is 1. The number of hydrogen-bond acceptors (Lipinski definition) is 7. The molecule has 0 unspecified atom stereocenters. The number of nitrogens with two attached hydrogens (primary N) is 1. The van der Waals surface area contributed by atoms with E-state index < -0.39 is 29.2 Å². The predicted octanol–water partition coefficient (Wildman–Crippen LogP) is 6.43. The fourth-order valence-corrected chi connectivity index (χ4v) is 4.82. The van der Waals surface area contributed by atoms with E-state index in [1.807, 2.05) is 6.07 Å². The number of benzene rings is 3. The first kappa shape index (κ1) is 32.9. The Labute approximate surface area is 272 Å². The molecule has 48 heavy (non-hydrogen) atoms. The van der Waals surface area contributed by atoms with Gasteiger partial charge in [-0.1, -0.05) is 18.2 Å². The summed E-state index contributed by atoms with van der Waals surface area (Å²) in [5.41, 5.74) is 6.88. The smallest absolute Gasteiger partial charge is 0.404 e. The summed E-state index contributed by atoms with van der Waals surface area (Å²) in [5.74, 6) is -2.25. The Bertz CT molecular complexity index is 2070. The number of nitrogens with one attached hydrogen (secondary N) is 3. The Kier molecular flexibility index (Phi) is 10.1. The number of carbonyl (C=O) groups is 2. The molecule has 0 atom stereocenters. The van der Waals surface area contributed by atoms with E-state index in [0.29, 0.717) is 22.5 Å². The second kappa shape index (κ2) is 14.7. The van der Waals surface area contributed by atoms with Crippen LogP contribution in [0.1, 0.15) is 28.5 Å². The zero-order valence-electron chi connectivity index (χ0n) is 25.5. The Morgan fingerprint density at radius 3 is 2.52 bits per heavy atom. The minimum atomic E-state index is -0.902. The number of amides is 2. The largest absolute Gasteiger partial charge is 0.493 e. The van der Waals surface area contributed by atoms with Gasteiger partial charge in [0.1, 0.15) is 23.7 Å². The molecule has 5 rings (SSSR count). The molecule has 5 N–H and O–H groups in total. The number of pyridine rings is 1. The fraction of sp³-hybridized carbons (Fsp3) is 0.0857. The van der Waals surface area contributed by atoms with E-state index in [1.54, 1.807) is 37.4 Å². The predicted molar refractivity (Wildman–Crippen MR) is 176 cm³/mol. The Balaban J connectivity index is 1.39. The molecule has 2 amide bonds. The van der Waals surface area contributed by atoms with Crippen LogP contribution in [0.5, 0.6) is 11.5 Å². The average molecular weight is 654 g/mol. The lowest BCUT2D eigenvalue weighted by Gasteiger charge is -2.15. The first-order chi connectivity index (χ1) is 23.2. The molecule has 244 valence electrons. The lowest BCUT2D eigenvalue weighted by Crippen LogP contribution is -2.29. The van der Waals surface area contributed by atoms with Crippen molar-refractivity contribution >= 4 is 29.7 Å². The molecule has 0 radical (unpaired) electrons. The molecule has 3 aromatic carbocycles. The van der Waals surface area contributed by atoms with Crippen molar-refractivity contribution < 1.29 is 32.6 Å². The van der Waals surface area contributed by atoms with Crippen LogP contribution in [0, 0.1) is 17.0 Å². The fourth-order valence-electron chi connectivity index (χ4n) is 4.82. The maximum atomic E-state index is 15.4. The highest BCUT2D eigenvalue weighted by atomic mass is 19.1. The van der Waals surface area contributed by atoms with Crippen molar-refractivity contribution in [3.05, 3.63) is 136 Å². The summed E-state index contributed by atoms with van der Waals surface area (Å²) in [4.78, 5) is 40.8. The Hall–Kier alpha value is -6.50. The molecular weight excluding hydrogens is 624 g/mol. The van der Waals surface area contributed by atoms with Crippen LogP contribution in [0.25, 0.3) is 22.6 Å². The number of ether oxygens (including phenoxy) is 3. The number of H-pyrrole nitrogens is 1. The highest BCUT2D eigenvalue weighted by Gasteiger charge is 2.21. The zero-order chi connectivity index (χ0) is 34.2. The molecule has 13 heteroatoms. The third-order valence-corrected chi connectivity index (χ3v) is 6.94. The lowest BCUT2D eigenvalue weighted by atomic mass is 10.0. The number of nitrogens with zero attached hydrogens (tertiary/aromatic N) is 1.